The number of carbonyl (C=O) groups is 2. The van der Waals surface area contributed by atoms with Gasteiger partial charge in [0.25, 0.3) is 0 Å². The van der Waals surface area contributed by atoms with Crippen molar-refractivity contribution in [2.75, 3.05) is 13.2 Å². The van der Waals surface area contributed by atoms with Gasteiger partial charge in [0, 0.05) is 12.2 Å². The second-order valence-corrected chi connectivity index (χ2v) is 9.11. The van der Waals surface area contributed by atoms with Crippen molar-refractivity contribution in [3.8, 4) is 0 Å². The number of rotatable bonds is 24. The smallest absolute Gasteiger partial charge is 0.330 e. The van der Waals surface area contributed by atoms with E-state index in [4.69, 9.17) is 9.47 Å². The van der Waals surface area contributed by atoms with Crippen molar-refractivity contribution in [1.82, 2.24) is 0 Å². The number of esters is 2. The Hall–Kier alpha value is -1.58. The number of carbonyl (C=O) groups excluding carboxylic acids is 2. The van der Waals surface area contributed by atoms with Gasteiger partial charge in [-0.25, -0.2) is 9.59 Å². The number of unbranched alkanes of at least 4 members (excludes halogenated alkanes) is 18. The Morgan fingerprint density at radius 2 is 0.706 bits per heavy atom. The third kappa shape index (κ3) is 32.6. The van der Waals surface area contributed by atoms with Crippen LogP contribution >= 0.6 is 0 Å². The maximum absolute atomic E-state index is 10.7. The molecular weight excluding hydrogens is 424 g/mol. The average Bonchev–Trinajstić information content (AvgIpc) is 2.85. The molecule has 0 aliphatic carbocycles. The van der Waals surface area contributed by atoms with Crippen molar-refractivity contribution in [1.29, 1.82) is 0 Å². The second-order valence-electron chi connectivity index (χ2n) is 9.11. The van der Waals surface area contributed by atoms with E-state index in [1.54, 1.807) is 0 Å². The molecule has 0 aliphatic rings. The highest BCUT2D eigenvalue weighted by molar-refractivity contribution is 5.81. The first-order chi connectivity index (χ1) is 16.6. The zero-order valence-electron chi connectivity index (χ0n) is 22.8. The number of hydrogen-bond donors (Lipinski definition) is 0. The van der Waals surface area contributed by atoms with Gasteiger partial charge >= 0.3 is 11.9 Å². The van der Waals surface area contributed by atoms with Crippen LogP contribution in [0.4, 0.5) is 0 Å². The normalized spacial score (nSPS) is 10.2. The zero-order chi connectivity index (χ0) is 25.5. The van der Waals surface area contributed by atoms with E-state index in [1.807, 2.05) is 0 Å². The van der Waals surface area contributed by atoms with Gasteiger partial charge in [-0.15, -0.1) is 0 Å². The van der Waals surface area contributed by atoms with Crippen molar-refractivity contribution < 1.29 is 19.1 Å². The molecule has 4 nitrogen and oxygen atoms in total. The lowest BCUT2D eigenvalue weighted by Crippen LogP contribution is -2.01. The summed E-state index contributed by atoms with van der Waals surface area (Å²) < 4.78 is 9.81. The molecule has 0 heterocycles. The van der Waals surface area contributed by atoms with Crippen LogP contribution in [0.5, 0.6) is 0 Å². The molecule has 0 atom stereocenters. The van der Waals surface area contributed by atoms with E-state index in [-0.39, 0.29) is 11.9 Å². The second kappa shape index (κ2) is 31.4. The van der Waals surface area contributed by atoms with Gasteiger partial charge in [0.05, 0.1) is 13.2 Å². The van der Waals surface area contributed by atoms with Gasteiger partial charge in [-0.2, -0.15) is 0 Å². The van der Waals surface area contributed by atoms with Crippen molar-refractivity contribution in [3.63, 3.8) is 0 Å². The highest BCUT2D eigenvalue weighted by atomic mass is 16.5. The van der Waals surface area contributed by atoms with Crippen LogP contribution in [-0.4, -0.2) is 25.2 Å². The molecule has 0 N–H and O–H groups in total. The van der Waals surface area contributed by atoms with E-state index >= 15 is 0 Å². The molecule has 0 amide bonds. The minimum Gasteiger partial charge on any atom is -0.463 e. The van der Waals surface area contributed by atoms with Gasteiger partial charge in [0.15, 0.2) is 0 Å². The molecule has 0 fully saturated rings. The zero-order valence-corrected chi connectivity index (χ0v) is 22.8. The number of hydrogen-bond acceptors (Lipinski definition) is 4. The molecule has 0 saturated heterocycles. The SMILES string of the molecule is C=CC(=O)OCCCCCCCCCCCC.C=CC(=O)OCCCCCCCCCCCC. The van der Waals surface area contributed by atoms with E-state index in [0.717, 1.165) is 12.8 Å². The van der Waals surface area contributed by atoms with Gasteiger partial charge in [0.1, 0.15) is 0 Å². The Morgan fingerprint density at radius 3 is 0.941 bits per heavy atom. The van der Waals surface area contributed by atoms with Crippen LogP contribution in [0, 0.1) is 0 Å². The first-order valence-corrected chi connectivity index (χ1v) is 14.2. The Balaban J connectivity index is 0. The van der Waals surface area contributed by atoms with Gasteiger partial charge in [-0.1, -0.05) is 143 Å². The Labute approximate surface area is 211 Å². The fourth-order valence-electron chi connectivity index (χ4n) is 3.64. The highest BCUT2D eigenvalue weighted by Gasteiger charge is 1.97. The molecule has 0 aliphatic heterocycles. The molecule has 0 aromatic carbocycles. The molecule has 0 aromatic rings. The summed E-state index contributed by atoms with van der Waals surface area (Å²) in [6.45, 7) is 12.3. The van der Waals surface area contributed by atoms with Crippen molar-refractivity contribution in [3.05, 3.63) is 25.3 Å². The summed E-state index contributed by atoms with van der Waals surface area (Å²) in [5, 5.41) is 0. The van der Waals surface area contributed by atoms with Gasteiger partial charge in [-0.05, 0) is 12.8 Å². The Morgan fingerprint density at radius 1 is 0.471 bits per heavy atom. The largest absolute Gasteiger partial charge is 0.463 e. The molecule has 4 heteroatoms. The van der Waals surface area contributed by atoms with Crippen LogP contribution in [0.25, 0.3) is 0 Å². The standard InChI is InChI=1S/2C15H28O2/c2*1-3-5-6-7-8-9-10-11-12-13-14-17-15(16)4-2/h2*4H,2-3,5-14H2,1H3. The van der Waals surface area contributed by atoms with E-state index < -0.39 is 0 Å². The molecule has 0 unspecified atom stereocenters. The summed E-state index contributed by atoms with van der Waals surface area (Å²) in [6.07, 6.45) is 28.4. The monoisotopic (exact) mass is 480 g/mol. The molecule has 0 rings (SSSR count). The molecular formula is C30H56O4. The topological polar surface area (TPSA) is 52.6 Å². The van der Waals surface area contributed by atoms with Crippen molar-refractivity contribution in [2.24, 2.45) is 0 Å². The molecule has 34 heavy (non-hydrogen) atoms. The van der Waals surface area contributed by atoms with Gasteiger partial charge < -0.3 is 9.47 Å². The fraction of sp³-hybridized carbons (Fsp3) is 0.800. The maximum Gasteiger partial charge on any atom is 0.330 e. The van der Waals surface area contributed by atoms with Crippen LogP contribution in [0.1, 0.15) is 142 Å². The Bertz CT molecular complexity index is 417. The van der Waals surface area contributed by atoms with E-state index in [2.05, 4.69) is 27.0 Å². The lowest BCUT2D eigenvalue weighted by atomic mass is 10.1. The van der Waals surface area contributed by atoms with E-state index in [9.17, 15) is 9.59 Å². The first kappa shape index (κ1) is 34.6. The fourth-order valence-corrected chi connectivity index (χ4v) is 3.64. The molecule has 200 valence electrons. The van der Waals surface area contributed by atoms with Crippen LogP contribution in [0.3, 0.4) is 0 Å². The van der Waals surface area contributed by atoms with Crippen LogP contribution in [0.2, 0.25) is 0 Å². The molecule has 0 bridgehead atoms. The molecule has 0 spiro atoms. The summed E-state index contributed by atoms with van der Waals surface area (Å²) in [5.74, 6) is -0.609. The number of ether oxygens (including phenoxy) is 2. The third-order valence-electron chi connectivity index (χ3n) is 5.82. The van der Waals surface area contributed by atoms with Crippen molar-refractivity contribution >= 4 is 11.9 Å². The van der Waals surface area contributed by atoms with Crippen LogP contribution in [0.15, 0.2) is 25.3 Å². The minimum atomic E-state index is -0.305. The minimum absolute atomic E-state index is 0.305. The van der Waals surface area contributed by atoms with Gasteiger partial charge in [0.2, 0.25) is 0 Å². The molecule has 0 aromatic heterocycles. The lowest BCUT2D eigenvalue weighted by Gasteiger charge is -2.03. The van der Waals surface area contributed by atoms with E-state index in [0.29, 0.717) is 13.2 Å². The summed E-state index contributed by atoms with van der Waals surface area (Å²) in [7, 11) is 0. The maximum atomic E-state index is 10.7. The third-order valence-corrected chi connectivity index (χ3v) is 5.82. The lowest BCUT2D eigenvalue weighted by molar-refractivity contribution is -0.138. The Kier molecular flexibility index (Phi) is 32.0. The summed E-state index contributed by atoms with van der Waals surface area (Å²) in [6, 6.07) is 0. The quantitative estimate of drug-likeness (QED) is 0.0784. The average molecular weight is 481 g/mol. The van der Waals surface area contributed by atoms with Crippen molar-refractivity contribution in [2.45, 2.75) is 142 Å². The summed E-state index contributed by atoms with van der Waals surface area (Å²) in [5.41, 5.74) is 0. The molecule has 0 saturated carbocycles. The van der Waals surface area contributed by atoms with E-state index in [1.165, 1.54) is 128 Å². The predicted octanol–water partition coefficient (Wildman–Crippen LogP) is 9.27. The first-order valence-electron chi connectivity index (χ1n) is 14.2. The van der Waals surface area contributed by atoms with Crippen LogP contribution in [-0.2, 0) is 19.1 Å². The predicted molar refractivity (Wildman–Crippen MR) is 146 cm³/mol. The summed E-state index contributed by atoms with van der Waals surface area (Å²) >= 11 is 0. The van der Waals surface area contributed by atoms with Crippen LogP contribution < -0.4 is 0 Å². The highest BCUT2D eigenvalue weighted by Crippen LogP contribution is 2.11. The van der Waals surface area contributed by atoms with Gasteiger partial charge in [-0.3, -0.25) is 0 Å². The molecule has 0 radical (unpaired) electrons. The summed E-state index contributed by atoms with van der Waals surface area (Å²) in [4.78, 5) is 21.5.